The number of aromatic nitrogens is 2. The van der Waals surface area contributed by atoms with Gasteiger partial charge in [-0.2, -0.15) is 0 Å². The van der Waals surface area contributed by atoms with Crippen LogP contribution in [0.5, 0.6) is 0 Å². The van der Waals surface area contributed by atoms with Crippen molar-refractivity contribution in [1.82, 2.24) is 9.97 Å². The zero-order valence-corrected chi connectivity index (χ0v) is 11.1. The summed E-state index contributed by atoms with van der Waals surface area (Å²) >= 11 is 0. The van der Waals surface area contributed by atoms with E-state index in [9.17, 15) is 0 Å². The van der Waals surface area contributed by atoms with Gasteiger partial charge in [0.1, 0.15) is 11.6 Å². The van der Waals surface area contributed by atoms with Crippen molar-refractivity contribution in [1.29, 1.82) is 0 Å². The molecule has 6 heteroatoms. The molecular weight excluding hydrogens is 254 g/mol. The van der Waals surface area contributed by atoms with Crippen molar-refractivity contribution in [2.75, 3.05) is 42.7 Å². The van der Waals surface area contributed by atoms with E-state index in [-0.39, 0.29) is 0 Å². The Balaban J connectivity index is 1.85. The van der Waals surface area contributed by atoms with E-state index in [1.807, 2.05) is 12.1 Å². The van der Waals surface area contributed by atoms with Crippen molar-refractivity contribution in [3.63, 3.8) is 0 Å². The molecule has 0 amide bonds. The predicted octanol–water partition coefficient (Wildman–Crippen LogP) is 1.14. The first-order valence-electron chi connectivity index (χ1n) is 6.55. The summed E-state index contributed by atoms with van der Waals surface area (Å²) in [7, 11) is 0. The van der Waals surface area contributed by atoms with Gasteiger partial charge in [-0.05, 0) is 24.3 Å². The second kappa shape index (κ2) is 5.34. The van der Waals surface area contributed by atoms with Crippen LogP contribution in [0.25, 0.3) is 11.4 Å². The lowest BCUT2D eigenvalue weighted by molar-refractivity contribution is 0.122. The summed E-state index contributed by atoms with van der Waals surface area (Å²) in [6.45, 7) is 3.38. The number of nitrogen functional groups attached to an aromatic ring is 2. The Morgan fingerprint density at radius 2 is 1.55 bits per heavy atom. The molecule has 0 saturated carbocycles. The Kier molecular flexibility index (Phi) is 3.39. The van der Waals surface area contributed by atoms with Crippen LogP contribution in [0.15, 0.2) is 30.3 Å². The highest BCUT2D eigenvalue weighted by molar-refractivity contribution is 5.63. The molecule has 1 aliphatic heterocycles. The summed E-state index contributed by atoms with van der Waals surface area (Å²) < 4.78 is 5.35. The lowest BCUT2D eigenvalue weighted by Gasteiger charge is -2.28. The zero-order chi connectivity index (χ0) is 13.9. The number of nitrogens with zero attached hydrogens (tertiary/aromatic N) is 3. The summed E-state index contributed by atoms with van der Waals surface area (Å²) in [5, 5.41) is 0. The molecule has 2 heterocycles. The van der Waals surface area contributed by atoms with E-state index < -0.39 is 0 Å². The van der Waals surface area contributed by atoms with Crippen LogP contribution in [0, 0.1) is 0 Å². The molecule has 1 aromatic carbocycles. The summed E-state index contributed by atoms with van der Waals surface area (Å²) in [6.07, 6.45) is 0. The Hall–Kier alpha value is -2.34. The Bertz CT molecular complexity index is 573. The molecule has 3 rings (SSSR count). The predicted molar refractivity (Wildman–Crippen MR) is 79.3 cm³/mol. The molecule has 1 fully saturated rings. The van der Waals surface area contributed by atoms with Gasteiger partial charge < -0.3 is 21.1 Å². The quantitative estimate of drug-likeness (QED) is 0.851. The average molecular weight is 271 g/mol. The minimum absolute atomic E-state index is 0.379. The van der Waals surface area contributed by atoms with Gasteiger partial charge in [0.25, 0.3) is 0 Å². The first kappa shape index (κ1) is 12.7. The summed E-state index contributed by atoms with van der Waals surface area (Å²) in [4.78, 5) is 10.7. The molecular formula is C14H17N5O. The van der Waals surface area contributed by atoms with Gasteiger partial charge in [-0.3, -0.25) is 0 Å². The molecule has 0 aliphatic carbocycles. The fraction of sp³-hybridized carbons (Fsp3) is 0.286. The van der Waals surface area contributed by atoms with Gasteiger partial charge in [0.15, 0.2) is 5.82 Å². The van der Waals surface area contributed by atoms with Crippen LogP contribution in [0.4, 0.5) is 17.3 Å². The van der Waals surface area contributed by atoms with Gasteiger partial charge in [-0.25, -0.2) is 9.97 Å². The second-order valence-electron chi connectivity index (χ2n) is 4.69. The molecule has 6 nitrogen and oxygen atoms in total. The fourth-order valence-electron chi connectivity index (χ4n) is 2.26. The number of anilines is 3. The minimum Gasteiger partial charge on any atom is -0.384 e. The molecule has 2 aromatic rings. The molecule has 0 unspecified atom stereocenters. The van der Waals surface area contributed by atoms with E-state index in [0.717, 1.165) is 31.9 Å². The SMILES string of the molecule is Nc1cc(N)nc(-c2ccc(N3CCOCC3)cc2)n1. The topological polar surface area (TPSA) is 90.3 Å². The number of nitrogens with two attached hydrogens (primary N) is 2. The van der Waals surface area contributed by atoms with E-state index in [4.69, 9.17) is 16.2 Å². The Labute approximate surface area is 117 Å². The standard InChI is InChI=1S/C14H17N5O/c15-12-9-13(16)18-14(17-12)10-1-3-11(4-2-10)19-5-7-20-8-6-19/h1-4,9H,5-8H2,(H4,15,16,17,18). The third kappa shape index (κ3) is 2.65. The molecule has 1 aliphatic rings. The number of rotatable bonds is 2. The second-order valence-corrected chi connectivity index (χ2v) is 4.69. The summed E-state index contributed by atoms with van der Waals surface area (Å²) in [6, 6.07) is 9.64. The summed E-state index contributed by atoms with van der Waals surface area (Å²) in [5.74, 6) is 1.31. The maximum absolute atomic E-state index is 5.69. The third-order valence-corrected chi connectivity index (χ3v) is 3.27. The fourth-order valence-corrected chi connectivity index (χ4v) is 2.26. The number of morpholine rings is 1. The van der Waals surface area contributed by atoms with Gasteiger partial charge in [0, 0.05) is 30.4 Å². The maximum atomic E-state index is 5.69. The van der Waals surface area contributed by atoms with Gasteiger partial charge in [0.05, 0.1) is 13.2 Å². The van der Waals surface area contributed by atoms with Crippen LogP contribution in [0.2, 0.25) is 0 Å². The van der Waals surface area contributed by atoms with Crippen LogP contribution < -0.4 is 16.4 Å². The normalized spacial score (nSPS) is 15.3. The highest BCUT2D eigenvalue weighted by Gasteiger charge is 2.11. The van der Waals surface area contributed by atoms with Gasteiger partial charge >= 0.3 is 0 Å². The number of hydrogen-bond acceptors (Lipinski definition) is 6. The van der Waals surface area contributed by atoms with Crippen molar-refractivity contribution >= 4 is 17.3 Å². The Morgan fingerprint density at radius 3 is 2.15 bits per heavy atom. The molecule has 4 N–H and O–H groups in total. The maximum Gasteiger partial charge on any atom is 0.163 e. The van der Waals surface area contributed by atoms with Crippen LogP contribution in [0.3, 0.4) is 0 Å². The Morgan fingerprint density at radius 1 is 0.950 bits per heavy atom. The lowest BCUT2D eigenvalue weighted by atomic mass is 10.1. The van der Waals surface area contributed by atoms with Crippen molar-refractivity contribution in [2.45, 2.75) is 0 Å². The molecule has 1 saturated heterocycles. The van der Waals surface area contributed by atoms with Crippen molar-refractivity contribution in [2.24, 2.45) is 0 Å². The molecule has 0 radical (unpaired) electrons. The number of hydrogen-bond donors (Lipinski definition) is 2. The highest BCUT2D eigenvalue weighted by atomic mass is 16.5. The molecule has 0 atom stereocenters. The smallest absolute Gasteiger partial charge is 0.163 e. The van der Waals surface area contributed by atoms with E-state index in [0.29, 0.717) is 17.5 Å². The zero-order valence-electron chi connectivity index (χ0n) is 11.1. The largest absolute Gasteiger partial charge is 0.384 e. The van der Waals surface area contributed by atoms with E-state index in [1.165, 1.54) is 5.69 Å². The molecule has 104 valence electrons. The molecule has 20 heavy (non-hydrogen) atoms. The molecule has 0 spiro atoms. The molecule has 0 bridgehead atoms. The first-order chi connectivity index (χ1) is 9.72. The minimum atomic E-state index is 0.379. The molecule has 1 aromatic heterocycles. The lowest BCUT2D eigenvalue weighted by Crippen LogP contribution is -2.36. The van der Waals surface area contributed by atoms with Gasteiger partial charge in [-0.1, -0.05) is 0 Å². The monoisotopic (exact) mass is 271 g/mol. The van der Waals surface area contributed by atoms with Crippen LogP contribution in [-0.4, -0.2) is 36.3 Å². The summed E-state index contributed by atoms with van der Waals surface area (Å²) in [5.41, 5.74) is 13.5. The highest BCUT2D eigenvalue weighted by Crippen LogP contribution is 2.22. The van der Waals surface area contributed by atoms with Crippen molar-refractivity contribution < 1.29 is 4.74 Å². The first-order valence-corrected chi connectivity index (χ1v) is 6.55. The van der Waals surface area contributed by atoms with E-state index in [2.05, 4.69) is 27.0 Å². The van der Waals surface area contributed by atoms with Crippen LogP contribution in [0.1, 0.15) is 0 Å². The van der Waals surface area contributed by atoms with E-state index in [1.54, 1.807) is 6.07 Å². The van der Waals surface area contributed by atoms with Crippen molar-refractivity contribution in [3.8, 4) is 11.4 Å². The van der Waals surface area contributed by atoms with Crippen LogP contribution in [-0.2, 0) is 4.74 Å². The number of benzene rings is 1. The third-order valence-electron chi connectivity index (χ3n) is 3.27. The van der Waals surface area contributed by atoms with Gasteiger partial charge in [0.2, 0.25) is 0 Å². The average Bonchev–Trinajstić information content (AvgIpc) is 2.47. The number of ether oxygens (including phenoxy) is 1. The van der Waals surface area contributed by atoms with Crippen LogP contribution >= 0.6 is 0 Å². The van der Waals surface area contributed by atoms with E-state index >= 15 is 0 Å². The van der Waals surface area contributed by atoms with Gasteiger partial charge in [-0.15, -0.1) is 0 Å². The van der Waals surface area contributed by atoms with Crippen molar-refractivity contribution in [3.05, 3.63) is 30.3 Å².